The molecular formula is C28H29ClN6O5. The van der Waals surface area contributed by atoms with Crippen molar-refractivity contribution < 1.29 is 24.0 Å². The van der Waals surface area contributed by atoms with E-state index in [9.17, 15) is 19.5 Å². The molecule has 0 spiro atoms. The number of aliphatic hydroxyl groups is 1. The molecule has 0 saturated carbocycles. The Morgan fingerprint density at radius 3 is 2.67 bits per heavy atom. The number of aromatic nitrogens is 3. The van der Waals surface area contributed by atoms with E-state index in [1.807, 2.05) is 32.0 Å². The Kier molecular flexibility index (Phi) is 6.47. The summed E-state index contributed by atoms with van der Waals surface area (Å²) in [7, 11) is 0. The van der Waals surface area contributed by atoms with Crippen molar-refractivity contribution in [3.8, 4) is 11.4 Å². The monoisotopic (exact) mass is 564 g/mol. The molecule has 5 heterocycles. The van der Waals surface area contributed by atoms with Crippen LogP contribution in [0, 0.1) is 5.41 Å². The number of piperidine rings is 2. The molecule has 208 valence electrons. The Bertz CT molecular complexity index is 1510. The van der Waals surface area contributed by atoms with Gasteiger partial charge >= 0.3 is 0 Å². The van der Waals surface area contributed by atoms with Crippen LogP contribution in [0.2, 0.25) is 5.02 Å². The van der Waals surface area contributed by atoms with Crippen LogP contribution in [-0.2, 0) is 28.3 Å². The van der Waals surface area contributed by atoms with Crippen molar-refractivity contribution in [2.24, 2.45) is 5.41 Å². The number of hydrogen-bond acceptors (Lipinski definition) is 9. The average molecular weight is 565 g/mol. The summed E-state index contributed by atoms with van der Waals surface area (Å²) >= 11 is 6.50. The minimum atomic E-state index is -1.22. The van der Waals surface area contributed by atoms with Gasteiger partial charge in [-0.2, -0.15) is 4.98 Å². The molecule has 0 unspecified atom stereocenters. The van der Waals surface area contributed by atoms with Crippen LogP contribution in [0.1, 0.15) is 60.4 Å². The van der Waals surface area contributed by atoms with Crippen LogP contribution < -0.4 is 5.32 Å². The normalized spacial score (nSPS) is 24.8. The first-order valence-electron chi connectivity index (χ1n) is 13.2. The van der Waals surface area contributed by atoms with Gasteiger partial charge in [-0.1, -0.05) is 36.7 Å². The third-order valence-electron chi connectivity index (χ3n) is 8.37. The van der Waals surface area contributed by atoms with Crippen molar-refractivity contribution in [1.82, 2.24) is 30.2 Å². The van der Waals surface area contributed by atoms with Gasteiger partial charge in [-0.3, -0.25) is 29.6 Å². The summed E-state index contributed by atoms with van der Waals surface area (Å²) < 4.78 is 4.82. The predicted octanol–water partition coefficient (Wildman–Crippen LogP) is 2.67. The summed E-state index contributed by atoms with van der Waals surface area (Å²) in [6.45, 7) is 6.08. The van der Waals surface area contributed by atoms with Crippen molar-refractivity contribution >= 4 is 29.3 Å². The van der Waals surface area contributed by atoms with E-state index in [-0.39, 0.29) is 31.2 Å². The maximum absolute atomic E-state index is 13.1. The van der Waals surface area contributed by atoms with Crippen molar-refractivity contribution in [1.29, 1.82) is 0 Å². The molecule has 3 aromatic rings. The van der Waals surface area contributed by atoms with Crippen molar-refractivity contribution in [3.05, 3.63) is 64.3 Å². The highest BCUT2D eigenvalue weighted by Gasteiger charge is 2.50. The number of nitrogens with one attached hydrogen (secondary N) is 1. The first kappa shape index (κ1) is 26.5. The van der Waals surface area contributed by atoms with Gasteiger partial charge in [0.2, 0.25) is 24.0 Å². The van der Waals surface area contributed by atoms with Crippen LogP contribution in [0.4, 0.5) is 0 Å². The summed E-state index contributed by atoms with van der Waals surface area (Å²) in [5.74, 6) is -0.640. The molecule has 40 heavy (non-hydrogen) atoms. The highest BCUT2D eigenvalue weighted by atomic mass is 35.5. The summed E-state index contributed by atoms with van der Waals surface area (Å²) in [6.07, 6.45) is 2.19. The fourth-order valence-corrected chi connectivity index (χ4v) is 6.38. The Hall–Kier alpha value is -3.67. The van der Waals surface area contributed by atoms with E-state index in [4.69, 9.17) is 21.1 Å². The van der Waals surface area contributed by atoms with Crippen LogP contribution >= 0.6 is 11.6 Å². The summed E-state index contributed by atoms with van der Waals surface area (Å²) in [5, 5.41) is 18.7. The van der Waals surface area contributed by atoms with Gasteiger partial charge in [0.1, 0.15) is 11.6 Å². The second-order valence-electron chi connectivity index (χ2n) is 11.4. The van der Waals surface area contributed by atoms with E-state index in [0.717, 1.165) is 5.56 Å². The molecular weight excluding hydrogens is 536 g/mol. The van der Waals surface area contributed by atoms with E-state index in [1.54, 1.807) is 12.1 Å². The van der Waals surface area contributed by atoms with Crippen molar-refractivity contribution in [3.63, 3.8) is 0 Å². The van der Waals surface area contributed by atoms with Crippen LogP contribution in [0.3, 0.4) is 0 Å². The number of nitrogens with zero attached hydrogens (tertiary/aromatic N) is 5. The smallest absolute Gasteiger partial charge is 0.256 e. The van der Waals surface area contributed by atoms with E-state index >= 15 is 0 Å². The minimum Gasteiger partial charge on any atom is -0.383 e. The molecule has 0 aliphatic carbocycles. The molecule has 2 fully saturated rings. The third kappa shape index (κ3) is 4.47. The zero-order valence-corrected chi connectivity index (χ0v) is 22.9. The van der Waals surface area contributed by atoms with Gasteiger partial charge in [-0.05, 0) is 42.7 Å². The van der Waals surface area contributed by atoms with Crippen LogP contribution in [0.15, 0.2) is 41.2 Å². The quantitative estimate of drug-likeness (QED) is 0.447. The number of fused-ring (bicyclic) bond motifs is 1. The molecule has 2 atom stereocenters. The number of imide groups is 1. The number of pyridine rings is 1. The maximum Gasteiger partial charge on any atom is 0.256 e. The molecule has 3 amide bonds. The molecule has 3 aliphatic heterocycles. The van der Waals surface area contributed by atoms with Crippen LogP contribution in [0.5, 0.6) is 0 Å². The molecule has 0 radical (unpaired) electrons. The first-order valence-corrected chi connectivity index (χ1v) is 13.6. The first-order chi connectivity index (χ1) is 19.1. The molecule has 6 rings (SSSR count). The lowest BCUT2D eigenvalue weighted by atomic mass is 9.68. The Morgan fingerprint density at radius 2 is 1.98 bits per heavy atom. The molecule has 11 nitrogen and oxygen atoms in total. The fraction of sp³-hybridized carbons (Fsp3) is 0.429. The number of amides is 3. The van der Waals surface area contributed by atoms with E-state index in [1.165, 1.54) is 11.3 Å². The Labute approximate surface area is 235 Å². The second-order valence-corrected chi connectivity index (χ2v) is 11.8. The minimum absolute atomic E-state index is 0.164. The summed E-state index contributed by atoms with van der Waals surface area (Å²) in [6, 6.07) is 8.47. The van der Waals surface area contributed by atoms with Gasteiger partial charge in [0, 0.05) is 37.0 Å². The number of likely N-dealkylation sites (tertiary alicyclic amines) is 1. The molecule has 2 N–H and O–H groups in total. The van der Waals surface area contributed by atoms with Gasteiger partial charge in [-0.25, -0.2) is 0 Å². The lowest BCUT2D eigenvalue weighted by Gasteiger charge is -2.50. The van der Waals surface area contributed by atoms with Crippen molar-refractivity contribution in [2.75, 3.05) is 13.1 Å². The standard InChI is InChI=1S/C28H29ClN6O5/c1-27(2)14-34(12-16-3-4-17(19(29)11-16)24-30-15-40-33-24)10-9-28(27,39)22-7-5-18-20(31-22)13-35(26(18)38)21-6-8-23(36)32-25(21)37/h3-5,7,11,15,21,39H,6,8-10,12-14H2,1-2H3,(H,32,36,37)/t21-,28-/m0/s1. The van der Waals surface area contributed by atoms with Gasteiger partial charge in [0.15, 0.2) is 0 Å². The van der Waals surface area contributed by atoms with Crippen LogP contribution in [0.25, 0.3) is 11.4 Å². The predicted molar refractivity (Wildman–Crippen MR) is 143 cm³/mol. The van der Waals surface area contributed by atoms with Crippen LogP contribution in [-0.4, -0.2) is 66.9 Å². The number of halogens is 1. The molecule has 3 aliphatic rings. The van der Waals surface area contributed by atoms with Gasteiger partial charge < -0.3 is 14.5 Å². The Morgan fingerprint density at radius 1 is 1.18 bits per heavy atom. The van der Waals surface area contributed by atoms with Gasteiger partial charge in [-0.15, -0.1) is 0 Å². The highest BCUT2D eigenvalue weighted by molar-refractivity contribution is 6.33. The molecule has 0 bridgehead atoms. The van der Waals surface area contributed by atoms with Gasteiger partial charge in [0.05, 0.1) is 28.5 Å². The van der Waals surface area contributed by atoms with Gasteiger partial charge in [0.25, 0.3) is 5.91 Å². The number of carbonyl (C=O) groups excluding carboxylic acids is 3. The number of hydrogen-bond donors (Lipinski definition) is 2. The molecule has 2 aromatic heterocycles. The fourth-order valence-electron chi connectivity index (χ4n) is 6.09. The number of rotatable bonds is 5. The molecule has 2 saturated heterocycles. The summed E-state index contributed by atoms with van der Waals surface area (Å²) in [5.41, 5.74) is 1.42. The summed E-state index contributed by atoms with van der Waals surface area (Å²) in [4.78, 5) is 49.6. The SMILES string of the molecule is CC1(C)CN(Cc2ccc(-c3ncon3)c(Cl)c2)CC[C@]1(O)c1ccc2c(n1)CN([C@H]1CCC(=O)NC1=O)C2=O. The van der Waals surface area contributed by atoms with Crippen molar-refractivity contribution in [2.45, 2.75) is 57.8 Å². The molecule has 1 aromatic carbocycles. The lowest BCUT2D eigenvalue weighted by Crippen LogP contribution is -2.55. The largest absolute Gasteiger partial charge is 0.383 e. The van der Waals surface area contributed by atoms with E-state index < -0.39 is 23.0 Å². The second kappa shape index (κ2) is 9.76. The topological polar surface area (TPSA) is 142 Å². The lowest BCUT2D eigenvalue weighted by molar-refractivity contribution is -0.137. The Balaban J connectivity index is 1.17. The average Bonchev–Trinajstić information content (AvgIpc) is 3.54. The maximum atomic E-state index is 13.1. The highest BCUT2D eigenvalue weighted by Crippen LogP contribution is 2.46. The third-order valence-corrected chi connectivity index (χ3v) is 8.68. The van der Waals surface area contributed by atoms with E-state index in [0.29, 0.717) is 59.4 Å². The van der Waals surface area contributed by atoms with E-state index in [2.05, 4.69) is 20.4 Å². The zero-order valence-electron chi connectivity index (χ0n) is 22.2. The number of carbonyl (C=O) groups is 3. The molecule has 12 heteroatoms. The number of benzene rings is 1. The zero-order chi connectivity index (χ0) is 28.2.